The lowest BCUT2D eigenvalue weighted by Crippen LogP contribution is -2.48. The summed E-state index contributed by atoms with van der Waals surface area (Å²) in [6.07, 6.45) is 0. The monoisotopic (exact) mass is 314 g/mol. The third-order valence-electron chi connectivity index (χ3n) is 2.98. The molecule has 0 radical (unpaired) electrons. The van der Waals surface area contributed by atoms with Gasteiger partial charge in [-0.2, -0.15) is 0 Å². The summed E-state index contributed by atoms with van der Waals surface area (Å²) in [7, 11) is 0.501. The largest absolute Gasteiger partial charge is 0.505 e. The van der Waals surface area contributed by atoms with Crippen LogP contribution in [0.2, 0.25) is 0 Å². The zero-order valence-electron chi connectivity index (χ0n) is 13.6. The molecule has 0 aliphatic carbocycles. The zero-order valence-corrected chi connectivity index (χ0v) is 14.6. The SMILES string of the molecule is CCO[Si](Cc1cccc(OC)c1OC)(OCC)OCC. The highest BCUT2D eigenvalue weighted by molar-refractivity contribution is 6.60. The minimum Gasteiger partial charge on any atom is -0.493 e. The highest BCUT2D eigenvalue weighted by atomic mass is 28.4. The minimum absolute atomic E-state index is 0.554. The molecule has 6 heteroatoms. The van der Waals surface area contributed by atoms with Crippen molar-refractivity contribution >= 4 is 8.80 Å². The summed E-state index contributed by atoms with van der Waals surface area (Å²) in [6.45, 7) is 7.50. The van der Waals surface area contributed by atoms with Gasteiger partial charge in [0.2, 0.25) is 0 Å². The molecule has 5 nitrogen and oxygen atoms in total. The molecule has 0 N–H and O–H groups in total. The van der Waals surface area contributed by atoms with Crippen molar-refractivity contribution in [1.82, 2.24) is 0 Å². The minimum atomic E-state index is -2.76. The average Bonchev–Trinajstić information content (AvgIpc) is 2.47. The van der Waals surface area contributed by atoms with E-state index in [1.54, 1.807) is 14.2 Å². The lowest BCUT2D eigenvalue weighted by Gasteiger charge is -2.29. The van der Waals surface area contributed by atoms with E-state index in [0.29, 0.717) is 37.4 Å². The summed E-state index contributed by atoms with van der Waals surface area (Å²) in [5, 5.41) is 0. The van der Waals surface area contributed by atoms with E-state index in [1.165, 1.54) is 0 Å². The predicted octanol–water partition coefficient (Wildman–Crippen LogP) is 2.83. The van der Waals surface area contributed by atoms with Crippen LogP contribution in [0.15, 0.2) is 18.2 Å². The molecule has 0 spiro atoms. The first kappa shape index (κ1) is 18.0. The van der Waals surface area contributed by atoms with E-state index in [2.05, 4.69) is 0 Å². The van der Waals surface area contributed by atoms with Crippen LogP contribution in [0.5, 0.6) is 11.5 Å². The molecule has 1 rings (SSSR count). The molecule has 0 bridgehead atoms. The predicted molar refractivity (Wildman–Crippen MR) is 83.9 cm³/mol. The number of hydrogen-bond acceptors (Lipinski definition) is 5. The van der Waals surface area contributed by atoms with Crippen LogP contribution < -0.4 is 9.47 Å². The number of rotatable bonds is 10. The van der Waals surface area contributed by atoms with Gasteiger partial charge in [-0.1, -0.05) is 12.1 Å². The molecule has 0 aliphatic rings. The van der Waals surface area contributed by atoms with Crippen LogP contribution in [0.3, 0.4) is 0 Å². The number of benzene rings is 1. The van der Waals surface area contributed by atoms with E-state index in [0.717, 1.165) is 5.56 Å². The summed E-state index contributed by atoms with van der Waals surface area (Å²) in [5.74, 6) is 1.40. The van der Waals surface area contributed by atoms with E-state index in [-0.39, 0.29) is 0 Å². The van der Waals surface area contributed by atoms with Gasteiger partial charge in [-0.25, -0.2) is 0 Å². The number of hydrogen-bond donors (Lipinski definition) is 0. The Hall–Kier alpha value is -1.08. The summed E-state index contributed by atoms with van der Waals surface area (Å²) < 4.78 is 28.5. The average molecular weight is 314 g/mol. The van der Waals surface area contributed by atoms with Crippen molar-refractivity contribution < 1.29 is 22.8 Å². The van der Waals surface area contributed by atoms with Crippen LogP contribution in [-0.2, 0) is 19.3 Å². The highest BCUT2D eigenvalue weighted by Gasteiger charge is 2.41. The van der Waals surface area contributed by atoms with Gasteiger partial charge in [0, 0.05) is 31.4 Å². The third-order valence-corrected chi connectivity index (χ3v) is 5.98. The summed E-state index contributed by atoms with van der Waals surface area (Å²) >= 11 is 0. The first-order chi connectivity index (χ1) is 10.2. The van der Waals surface area contributed by atoms with Gasteiger partial charge >= 0.3 is 8.80 Å². The molecule has 1 aromatic carbocycles. The fourth-order valence-corrected chi connectivity index (χ4v) is 4.88. The number of para-hydroxylation sites is 1. The second-order valence-electron chi connectivity index (χ2n) is 4.31. The highest BCUT2D eigenvalue weighted by Crippen LogP contribution is 2.33. The van der Waals surface area contributed by atoms with Crippen molar-refractivity contribution in [2.75, 3.05) is 34.0 Å². The van der Waals surface area contributed by atoms with Gasteiger partial charge in [-0.05, 0) is 26.8 Å². The van der Waals surface area contributed by atoms with Crippen molar-refractivity contribution in [2.24, 2.45) is 0 Å². The van der Waals surface area contributed by atoms with E-state index in [4.69, 9.17) is 22.8 Å². The van der Waals surface area contributed by atoms with Crippen LogP contribution in [0.25, 0.3) is 0 Å². The Morgan fingerprint density at radius 2 is 1.43 bits per heavy atom. The van der Waals surface area contributed by atoms with E-state index in [9.17, 15) is 0 Å². The Kier molecular flexibility index (Phi) is 7.74. The maximum Gasteiger partial charge on any atom is 0.505 e. The van der Waals surface area contributed by atoms with Crippen LogP contribution >= 0.6 is 0 Å². The second kappa shape index (κ2) is 9.04. The van der Waals surface area contributed by atoms with Gasteiger partial charge in [0.25, 0.3) is 0 Å². The molecule has 21 heavy (non-hydrogen) atoms. The van der Waals surface area contributed by atoms with Crippen LogP contribution in [-0.4, -0.2) is 42.8 Å². The number of ether oxygens (including phenoxy) is 2. The standard InChI is InChI=1S/C15H26O5Si/c1-6-18-21(19-7-2,20-8-3)12-13-10-9-11-14(16-4)15(13)17-5/h9-11H,6-8,12H2,1-5H3. The van der Waals surface area contributed by atoms with Gasteiger partial charge in [0.05, 0.1) is 14.2 Å². The van der Waals surface area contributed by atoms with Crippen molar-refractivity contribution in [3.05, 3.63) is 23.8 Å². The van der Waals surface area contributed by atoms with Crippen LogP contribution in [0.4, 0.5) is 0 Å². The molecule has 0 heterocycles. The molecule has 1 aromatic rings. The molecule has 0 aromatic heterocycles. The molecular weight excluding hydrogens is 288 g/mol. The van der Waals surface area contributed by atoms with Gasteiger partial charge in [0.1, 0.15) is 0 Å². The van der Waals surface area contributed by atoms with Crippen LogP contribution in [0.1, 0.15) is 26.3 Å². The lowest BCUT2D eigenvalue weighted by molar-refractivity contribution is 0.0702. The molecule has 0 aliphatic heterocycles. The molecule has 0 atom stereocenters. The third kappa shape index (κ3) is 4.71. The van der Waals surface area contributed by atoms with Crippen molar-refractivity contribution in [3.63, 3.8) is 0 Å². The van der Waals surface area contributed by atoms with Gasteiger partial charge in [-0.3, -0.25) is 0 Å². The van der Waals surface area contributed by atoms with E-state index < -0.39 is 8.80 Å². The zero-order chi connectivity index (χ0) is 15.7. The van der Waals surface area contributed by atoms with E-state index in [1.807, 2.05) is 39.0 Å². The van der Waals surface area contributed by atoms with E-state index >= 15 is 0 Å². The Balaban J connectivity index is 3.12. The number of methoxy groups -OCH3 is 2. The second-order valence-corrected chi connectivity index (χ2v) is 6.90. The summed E-state index contributed by atoms with van der Waals surface area (Å²) in [6, 6.07) is 6.34. The molecular formula is C15H26O5Si. The van der Waals surface area contributed by atoms with Crippen LogP contribution in [0, 0.1) is 0 Å². The Morgan fingerprint density at radius 1 is 0.857 bits per heavy atom. The molecule has 0 unspecified atom stereocenters. The Morgan fingerprint density at radius 3 is 1.86 bits per heavy atom. The quantitative estimate of drug-likeness (QED) is 0.621. The topological polar surface area (TPSA) is 46.2 Å². The Bertz CT molecular complexity index is 408. The fourth-order valence-electron chi connectivity index (χ4n) is 2.26. The van der Waals surface area contributed by atoms with Gasteiger partial charge in [-0.15, -0.1) is 0 Å². The van der Waals surface area contributed by atoms with Crippen molar-refractivity contribution in [3.8, 4) is 11.5 Å². The maximum absolute atomic E-state index is 5.89. The smallest absolute Gasteiger partial charge is 0.493 e. The first-order valence-corrected chi connectivity index (χ1v) is 9.21. The van der Waals surface area contributed by atoms with Crippen molar-refractivity contribution in [1.29, 1.82) is 0 Å². The lowest BCUT2D eigenvalue weighted by atomic mass is 10.2. The summed E-state index contributed by atoms with van der Waals surface area (Å²) in [5.41, 5.74) is 0.971. The maximum atomic E-state index is 5.89. The van der Waals surface area contributed by atoms with Gasteiger partial charge < -0.3 is 22.8 Å². The molecule has 120 valence electrons. The molecule has 0 saturated heterocycles. The molecule has 0 amide bonds. The van der Waals surface area contributed by atoms with Crippen molar-refractivity contribution in [2.45, 2.75) is 26.8 Å². The normalized spacial score (nSPS) is 11.5. The van der Waals surface area contributed by atoms with Gasteiger partial charge in [0.15, 0.2) is 11.5 Å². The molecule has 0 fully saturated rings. The Labute approximate surface area is 128 Å². The molecule has 0 saturated carbocycles. The first-order valence-electron chi connectivity index (χ1n) is 7.28. The summed E-state index contributed by atoms with van der Waals surface area (Å²) in [4.78, 5) is 0. The fraction of sp³-hybridized carbons (Fsp3) is 0.600.